The van der Waals surface area contributed by atoms with Crippen LogP contribution < -0.4 is 9.47 Å². The van der Waals surface area contributed by atoms with Crippen molar-refractivity contribution in [1.29, 1.82) is 0 Å². The lowest BCUT2D eigenvalue weighted by Gasteiger charge is -2.06. The molecule has 25 heavy (non-hydrogen) atoms. The second-order valence-electron chi connectivity index (χ2n) is 4.45. The molecule has 0 atom stereocenters. The summed E-state index contributed by atoms with van der Waals surface area (Å²) in [6.07, 6.45) is 0. The van der Waals surface area contributed by atoms with Gasteiger partial charge in [-0.15, -0.1) is 0 Å². The Balaban J connectivity index is 0.000000251. The highest BCUT2D eigenvalue weighted by Crippen LogP contribution is 2.30. The predicted molar refractivity (Wildman–Crippen MR) is 88.8 cm³/mol. The minimum atomic E-state index is -0.554. The van der Waals surface area contributed by atoms with Crippen molar-refractivity contribution in [2.45, 2.75) is 0 Å². The number of benzene rings is 2. The summed E-state index contributed by atoms with van der Waals surface area (Å²) in [5, 5.41) is 18.1. The van der Waals surface area contributed by atoms with Gasteiger partial charge in [-0.25, -0.2) is 8.78 Å². The molecule has 0 saturated carbocycles. The Morgan fingerprint density at radius 1 is 0.880 bits per heavy atom. The topological polar surface area (TPSA) is 77.4 Å². The molecular formula is C16H17BrF2O6. The average molecular weight is 423 g/mol. The fourth-order valence-corrected chi connectivity index (χ4v) is 1.79. The number of phenolic OH excluding ortho intramolecular Hbond substituents is 2. The number of halogens is 3. The van der Waals surface area contributed by atoms with Gasteiger partial charge in [-0.2, -0.15) is 0 Å². The summed E-state index contributed by atoms with van der Waals surface area (Å²) in [5.41, 5.74) is 0. The fraction of sp³-hybridized carbons (Fsp3) is 0.250. The largest absolute Gasteiger partial charge is 0.508 e. The van der Waals surface area contributed by atoms with Crippen molar-refractivity contribution >= 4 is 15.9 Å². The van der Waals surface area contributed by atoms with E-state index in [9.17, 15) is 13.9 Å². The van der Waals surface area contributed by atoms with Crippen LogP contribution in [0.1, 0.15) is 0 Å². The molecule has 6 nitrogen and oxygen atoms in total. The van der Waals surface area contributed by atoms with Crippen LogP contribution in [0.15, 0.2) is 34.8 Å². The van der Waals surface area contributed by atoms with E-state index in [1.54, 1.807) is 0 Å². The lowest BCUT2D eigenvalue weighted by atomic mass is 10.3. The monoisotopic (exact) mass is 422 g/mol. The molecule has 0 aromatic heterocycles. The number of hydrogen-bond acceptors (Lipinski definition) is 6. The molecule has 0 unspecified atom stereocenters. The third kappa shape index (κ3) is 7.12. The van der Waals surface area contributed by atoms with Gasteiger partial charge in [0.05, 0.1) is 4.47 Å². The zero-order chi connectivity index (χ0) is 18.8. The van der Waals surface area contributed by atoms with Crippen molar-refractivity contribution in [3.05, 3.63) is 46.4 Å². The molecule has 2 rings (SSSR count). The maximum atomic E-state index is 13.0. The van der Waals surface area contributed by atoms with Gasteiger partial charge < -0.3 is 29.2 Å². The first kappa shape index (κ1) is 20.9. The van der Waals surface area contributed by atoms with Crippen LogP contribution in [0.5, 0.6) is 23.0 Å². The van der Waals surface area contributed by atoms with Gasteiger partial charge >= 0.3 is 0 Å². The van der Waals surface area contributed by atoms with Gasteiger partial charge in [0, 0.05) is 26.4 Å². The summed E-state index contributed by atoms with van der Waals surface area (Å²) < 4.78 is 44.9. The second kappa shape index (κ2) is 10.7. The highest BCUT2D eigenvalue weighted by Gasteiger charge is 2.08. The van der Waals surface area contributed by atoms with E-state index < -0.39 is 11.6 Å². The van der Waals surface area contributed by atoms with E-state index in [1.807, 2.05) is 0 Å². The first-order valence-corrected chi connectivity index (χ1v) is 7.58. The lowest BCUT2D eigenvalue weighted by molar-refractivity contribution is 0.0480. The molecular weight excluding hydrogens is 406 g/mol. The summed E-state index contributed by atoms with van der Waals surface area (Å²) in [5.74, 6) is -1.25. The molecule has 0 fully saturated rings. The third-order valence-electron chi connectivity index (χ3n) is 2.58. The first-order chi connectivity index (χ1) is 11.9. The lowest BCUT2D eigenvalue weighted by Crippen LogP contribution is -2.00. The third-order valence-corrected chi connectivity index (χ3v) is 3.22. The molecule has 2 aromatic carbocycles. The van der Waals surface area contributed by atoms with Crippen LogP contribution in [0.4, 0.5) is 8.78 Å². The highest BCUT2D eigenvalue weighted by atomic mass is 79.9. The van der Waals surface area contributed by atoms with Crippen LogP contribution >= 0.6 is 15.9 Å². The summed E-state index contributed by atoms with van der Waals surface area (Å²) in [6.45, 7) is -0.0988. The van der Waals surface area contributed by atoms with E-state index in [-0.39, 0.29) is 41.1 Å². The van der Waals surface area contributed by atoms with Crippen LogP contribution in [-0.2, 0) is 9.47 Å². The Bertz CT molecular complexity index is 684. The fourth-order valence-electron chi connectivity index (χ4n) is 1.48. The van der Waals surface area contributed by atoms with Crippen molar-refractivity contribution in [3.8, 4) is 23.0 Å². The number of rotatable bonds is 6. The smallest absolute Gasteiger partial charge is 0.188 e. The molecule has 9 heteroatoms. The Morgan fingerprint density at radius 2 is 1.44 bits per heavy atom. The zero-order valence-electron chi connectivity index (χ0n) is 13.5. The normalized spacial score (nSPS) is 9.96. The molecule has 0 spiro atoms. The molecule has 138 valence electrons. The number of phenols is 2. The average Bonchev–Trinajstić information content (AvgIpc) is 2.58. The van der Waals surface area contributed by atoms with E-state index in [1.165, 1.54) is 32.4 Å². The van der Waals surface area contributed by atoms with Crippen molar-refractivity contribution in [2.75, 3.05) is 27.8 Å². The van der Waals surface area contributed by atoms with Crippen molar-refractivity contribution in [2.24, 2.45) is 0 Å². The van der Waals surface area contributed by atoms with Gasteiger partial charge in [-0.1, -0.05) is 0 Å². The minimum Gasteiger partial charge on any atom is -0.508 e. The highest BCUT2D eigenvalue weighted by molar-refractivity contribution is 9.10. The summed E-state index contributed by atoms with van der Waals surface area (Å²) >= 11 is 2.97. The zero-order valence-corrected chi connectivity index (χ0v) is 15.0. The molecule has 2 N–H and O–H groups in total. The van der Waals surface area contributed by atoms with Crippen LogP contribution in [0.25, 0.3) is 0 Å². The Labute approximate surface area is 151 Å². The summed E-state index contributed by atoms with van der Waals surface area (Å²) in [4.78, 5) is 0. The van der Waals surface area contributed by atoms with Crippen molar-refractivity contribution in [3.63, 3.8) is 0 Å². The molecule has 0 aliphatic carbocycles. The molecule has 0 bridgehead atoms. The van der Waals surface area contributed by atoms with Crippen LogP contribution in [0.2, 0.25) is 0 Å². The van der Waals surface area contributed by atoms with E-state index in [0.717, 1.165) is 12.1 Å². The molecule has 0 aliphatic heterocycles. The van der Waals surface area contributed by atoms with Crippen LogP contribution in [-0.4, -0.2) is 38.0 Å². The Hall–Kier alpha value is -2.10. The van der Waals surface area contributed by atoms with E-state index >= 15 is 0 Å². The minimum absolute atomic E-state index is 0.0168. The van der Waals surface area contributed by atoms with Gasteiger partial charge in [0.1, 0.15) is 11.5 Å². The SMILES string of the molecule is COCOc1cc(O)c(Br)cc1F.COCOc1cc(O)ccc1F. The van der Waals surface area contributed by atoms with Crippen molar-refractivity contribution < 1.29 is 37.9 Å². The van der Waals surface area contributed by atoms with E-state index in [4.69, 9.17) is 14.6 Å². The maximum Gasteiger partial charge on any atom is 0.188 e. The molecule has 0 aliphatic rings. The summed E-state index contributed by atoms with van der Waals surface area (Å²) in [7, 11) is 2.86. The maximum absolute atomic E-state index is 13.0. The molecule has 0 amide bonds. The quantitative estimate of drug-likeness (QED) is 0.689. The standard InChI is InChI=1S/C8H8BrFO3.C8H9FO3/c1-12-4-13-8-3-7(11)5(9)2-6(8)10;1-11-5-12-8-4-6(10)2-3-7(8)9/h2-3,11H,4H2,1H3;2-4,10H,5H2,1H3. The molecule has 0 heterocycles. The number of ether oxygens (including phenoxy) is 4. The number of aromatic hydroxyl groups is 2. The van der Waals surface area contributed by atoms with Gasteiger partial charge in [0.2, 0.25) is 0 Å². The van der Waals surface area contributed by atoms with E-state index in [0.29, 0.717) is 0 Å². The predicted octanol–water partition coefficient (Wildman–Crippen LogP) is 3.79. The number of methoxy groups -OCH3 is 2. The van der Waals surface area contributed by atoms with E-state index in [2.05, 4.69) is 25.4 Å². The Morgan fingerprint density at radius 3 is 2.00 bits per heavy atom. The van der Waals surface area contributed by atoms with Gasteiger partial charge in [0.25, 0.3) is 0 Å². The van der Waals surface area contributed by atoms with Gasteiger partial charge in [-0.05, 0) is 34.1 Å². The molecule has 0 radical (unpaired) electrons. The van der Waals surface area contributed by atoms with Crippen LogP contribution in [0, 0.1) is 11.6 Å². The van der Waals surface area contributed by atoms with Gasteiger partial charge in [0.15, 0.2) is 36.7 Å². The second-order valence-corrected chi connectivity index (χ2v) is 5.30. The molecule has 2 aromatic rings. The van der Waals surface area contributed by atoms with Crippen molar-refractivity contribution in [1.82, 2.24) is 0 Å². The van der Waals surface area contributed by atoms with Crippen LogP contribution in [0.3, 0.4) is 0 Å². The molecule has 0 saturated heterocycles. The Kier molecular flexibility index (Phi) is 8.96. The first-order valence-electron chi connectivity index (χ1n) is 6.79. The summed E-state index contributed by atoms with van der Waals surface area (Å²) in [6, 6.07) is 5.86. The number of hydrogen-bond donors (Lipinski definition) is 2. The van der Waals surface area contributed by atoms with Gasteiger partial charge in [-0.3, -0.25) is 0 Å².